The fraction of sp³-hybridized carbons (Fsp3) is 0.353. The zero-order valence-electron chi connectivity index (χ0n) is 13.3. The number of nitrogens with one attached hydrogen (secondary N) is 1. The average molecular weight is 298 g/mol. The summed E-state index contributed by atoms with van der Waals surface area (Å²) in [5.74, 6) is 0. The lowest BCUT2D eigenvalue weighted by atomic mass is 10.1. The molecule has 1 amide bonds. The van der Waals surface area contributed by atoms with E-state index < -0.39 is 6.23 Å². The Balaban J connectivity index is 1.52. The van der Waals surface area contributed by atoms with Crippen LogP contribution in [0.25, 0.3) is 6.08 Å². The van der Waals surface area contributed by atoms with Gasteiger partial charge in [0, 0.05) is 13.1 Å². The second-order valence-corrected chi connectivity index (χ2v) is 5.70. The van der Waals surface area contributed by atoms with Crippen LogP contribution in [0.3, 0.4) is 0 Å². The molecule has 1 atom stereocenters. The van der Waals surface area contributed by atoms with Crippen LogP contribution in [0.4, 0.5) is 10.5 Å². The molecule has 5 nitrogen and oxygen atoms in total. The highest BCUT2D eigenvalue weighted by molar-refractivity contribution is 5.77. The number of ether oxygens (including phenoxy) is 1. The monoisotopic (exact) mass is 298 g/mol. The fourth-order valence-electron chi connectivity index (χ4n) is 3.05. The zero-order valence-corrected chi connectivity index (χ0v) is 12.3. The Morgan fingerprint density at radius 2 is 2.05 bits per heavy atom. The molecule has 1 unspecified atom stereocenters. The van der Waals surface area contributed by atoms with E-state index >= 15 is 0 Å². The fourth-order valence-corrected chi connectivity index (χ4v) is 3.05. The molecule has 5 heteroatoms. The van der Waals surface area contributed by atoms with E-state index in [0.717, 1.165) is 49.3 Å². The number of hydrogen-bond donors (Lipinski definition) is 1. The molecule has 0 bridgehead atoms. The average Bonchev–Trinajstić information content (AvgIpc) is 2.92. The summed E-state index contributed by atoms with van der Waals surface area (Å²) in [4.78, 5) is 14.0. The van der Waals surface area contributed by atoms with Crippen LogP contribution in [0.2, 0.25) is 0 Å². The number of fused-ring (bicyclic) bond motifs is 3. The van der Waals surface area contributed by atoms with E-state index in [9.17, 15) is 4.79 Å². The maximum absolute atomic E-state index is 12.3. The molecule has 3 aliphatic rings. The molecule has 1 fully saturated rings. The Labute approximate surface area is 131 Å². The van der Waals surface area contributed by atoms with Crippen molar-refractivity contribution in [2.24, 2.45) is 0 Å². The van der Waals surface area contributed by atoms with Gasteiger partial charge in [-0.2, -0.15) is 5.43 Å². The molecule has 3 heterocycles. The number of likely N-dealkylation sites (tertiary alicyclic amines) is 1. The molecule has 0 radical (unpaired) electrons. The molecule has 1 aromatic carbocycles. The lowest BCUT2D eigenvalue weighted by Crippen LogP contribution is -2.44. The van der Waals surface area contributed by atoms with E-state index in [0.29, 0.717) is 0 Å². The third-order valence-corrected chi connectivity index (χ3v) is 4.20. The van der Waals surface area contributed by atoms with Crippen molar-refractivity contribution in [3.63, 3.8) is 0 Å². The van der Waals surface area contributed by atoms with Gasteiger partial charge in [-0.3, -0.25) is 5.01 Å². The standard InChI is InChI=1S/C17H19N3O2/c21-17(19-10-4-1-5-11-19)22-16-12-14-9-8-13-6-2-3-7-15(13)20(14)18-16/h2-3,6-9,12,16,18H,1,4-5,10-11H2/i12D. The maximum atomic E-state index is 12.3. The van der Waals surface area contributed by atoms with Gasteiger partial charge in [0.05, 0.1) is 12.8 Å². The summed E-state index contributed by atoms with van der Waals surface area (Å²) in [6.45, 7) is 1.48. The summed E-state index contributed by atoms with van der Waals surface area (Å²) in [5, 5.41) is 1.83. The molecular formula is C17H19N3O2. The number of amides is 1. The van der Waals surface area contributed by atoms with Crippen molar-refractivity contribution in [1.82, 2.24) is 10.3 Å². The molecule has 114 valence electrons. The van der Waals surface area contributed by atoms with Gasteiger partial charge in [0.25, 0.3) is 0 Å². The number of hydrazine groups is 1. The molecule has 1 aromatic rings. The van der Waals surface area contributed by atoms with Crippen LogP contribution in [0.1, 0.15) is 26.2 Å². The number of para-hydroxylation sites is 1. The molecule has 0 spiro atoms. The summed E-state index contributed by atoms with van der Waals surface area (Å²) in [7, 11) is 0. The van der Waals surface area contributed by atoms with E-state index in [1.54, 1.807) is 4.90 Å². The number of piperidine rings is 1. The van der Waals surface area contributed by atoms with Crippen LogP contribution in [-0.4, -0.2) is 30.3 Å². The van der Waals surface area contributed by atoms with Crippen molar-refractivity contribution in [1.29, 1.82) is 0 Å². The minimum absolute atomic E-state index is 0.279. The number of nitrogens with zero attached hydrogens (tertiary/aromatic N) is 2. The van der Waals surface area contributed by atoms with Crippen molar-refractivity contribution < 1.29 is 10.9 Å². The van der Waals surface area contributed by atoms with Gasteiger partial charge < -0.3 is 9.64 Å². The number of rotatable bonds is 1. The molecule has 4 rings (SSSR count). The number of carbonyl (C=O) groups is 1. The SMILES string of the molecule is [2H]C1=C2C=Cc3ccccc3N2NC1OC(=O)N1CCCCC1. The Morgan fingerprint density at radius 1 is 1.23 bits per heavy atom. The highest BCUT2D eigenvalue weighted by Gasteiger charge is 2.29. The van der Waals surface area contributed by atoms with E-state index in [-0.39, 0.29) is 12.1 Å². The lowest BCUT2D eigenvalue weighted by Gasteiger charge is -2.29. The van der Waals surface area contributed by atoms with E-state index in [1.165, 1.54) is 0 Å². The number of hydrogen-bond acceptors (Lipinski definition) is 4. The van der Waals surface area contributed by atoms with Crippen molar-refractivity contribution in [2.45, 2.75) is 25.5 Å². The highest BCUT2D eigenvalue weighted by Crippen LogP contribution is 2.32. The Kier molecular flexibility index (Phi) is 3.07. The Bertz CT molecular complexity index is 695. The molecule has 0 aliphatic carbocycles. The first-order valence-electron chi connectivity index (χ1n) is 8.24. The largest absolute Gasteiger partial charge is 0.425 e. The van der Waals surface area contributed by atoms with Crippen molar-refractivity contribution in [2.75, 3.05) is 18.1 Å². The summed E-state index contributed by atoms with van der Waals surface area (Å²) in [6.07, 6.45) is 5.97. The van der Waals surface area contributed by atoms with Gasteiger partial charge in [0.15, 0.2) is 6.23 Å². The van der Waals surface area contributed by atoms with Gasteiger partial charge in [0.2, 0.25) is 0 Å². The first-order chi connectivity index (χ1) is 11.2. The molecule has 1 saturated heterocycles. The molecular weight excluding hydrogens is 278 g/mol. The van der Waals surface area contributed by atoms with Crippen LogP contribution in [0, 0.1) is 0 Å². The number of benzene rings is 1. The van der Waals surface area contributed by atoms with Gasteiger partial charge in [0.1, 0.15) is 0 Å². The van der Waals surface area contributed by atoms with Gasteiger partial charge in [-0.25, -0.2) is 4.79 Å². The second-order valence-electron chi connectivity index (χ2n) is 5.70. The van der Waals surface area contributed by atoms with Crippen molar-refractivity contribution in [3.8, 4) is 0 Å². The van der Waals surface area contributed by atoms with E-state index in [1.807, 2.05) is 41.4 Å². The topological polar surface area (TPSA) is 44.8 Å². The van der Waals surface area contributed by atoms with Gasteiger partial charge in [-0.1, -0.05) is 24.3 Å². The van der Waals surface area contributed by atoms with Crippen molar-refractivity contribution in [3.05, 3.63) is 47.7 Å². The van der Waals surface area contributed by atoms with Crippen LogP contribution >= 0.6 is 0 Å². The Morgan fingerprint density at radius 3 is 2.91 bits per heavy atom. The first kappa shape index (κ1) is 12.3. The second kappa shape index (κ2) is 5.50. The summed E-state index contributed by atoms with van der Waals surface area (Å²) in [5.41, 5.74) is 5.88. The van der Waals surface area contributed by atoms with E-state index in [2.05, 4.69) is 5.43 Å². The minimum atomic E-state index is -0.741. The van der Waals surface area contributed by atoms with Gasteiger partial charge >= 0.3 is 6.09 Å². The molecule has 1 N–H and O–H groups in total. The normalized spacial score (nSPS) is 24.0. The lowest BCUT2D eigenvalue weighted by molar-refractivity contribution is 0.0657. The third-order valence-electron chi connectivity index (χ3n) is 4.20. The van der Waals surface area contributed by atoms with Crippen LogP contribution in [0.15, 0.2) is 42.1 Å². The maximum Gasteiger partial charge on any atom is 0.411 e. The molecule has 3 aliphatic heterocycles. The van der Waals surface area contributed by atoms with Crippen LogP contribution in [-0.2, 0) is 4.74 Å². The van der Waals surface area contributed by atoms with Crippen LogP contribution < -0.4 is 10.4 Å². The minimum Gasteiger partial charge on any atom is -0.425 e. The quantitative estimate of drug-likeness (QED) is 0.866. The smallest absolute Gasteiger partial charge is 0.411 e. The highest BCUT2D eigenvalue weighted by atomic mass is 16.6. The number of allylic oxidation sites excluding steroid dienone is 1. The van der Waals surface area contributed by atoms with Crippen LogP contribution in [0.5, 0.6) is 0 Å². The summed E-state index contributed by atoms with van der Waals surface area (Å²) in [6, 6.07) is 8.20. The molecule has 0 aromatic heterocycles. The zero-order chi connectivity index (χ0) is 15.8. The van der Waals surface area contributed by atoms with Crippen molar-refractivity contribution >= 4 is 17.9 Å². The van der Waals surface area contributed by atoms with Gasteiger partial charge in [-0.05, 0) is 43.0 Å². The Hall–Kier alpha value is -2.27. The predicted molar refractivity (Wildman–Crippen MR) is 84.9 cm³/mol. The first-order valence-corrected chi connectivity index (χ1v) is 7.74. The predicted octanol–water partition coefficient (Wildman–Crippen LogP) is 2.87. The molecule has 0 saturated carbocycles. The number of anilines is 1. The summed E-state index contributed by atoms with van der Waals surface area (Å²) < 4.78 is 13.8. The molecule has 22 heavy (non-hydrogen) atoms. The number of carbonyl (C=O) groups excluding carboxylic acids is 1. The third kappa shape index (κ3) is 2.37. The van der Waals surface area contributed by atoms with Gasteiger partial charge in [-0.15, -0.1) is 0 Å². The van der Waals surface area contributed by atoms with E-state index in [4.69, 9.17) is 6.11 Å². The summed E-state index contributed by atoms with van der Waals surface area (Å²) >= 11 is 0.